The van der Waals surface area contributed by atoms with Gasteiger partial charge in [0.1, 0.15) is 24.7 Å². The van der Waals surface area contributed by atoms with Gasteiger partial charge in [0.05, 0.1) is 0 Å². The van der Waals surface area contributed by atoms with Crippen molar-refractivity contribution in [2.24, 2.45) is 11.8 Å². The zero-order valence-corrected chi connectivity index (χ0v) is 23.2. The number of carbonyl (C=O) groups is 5. The topological polar surface area (TPSA) is 156 Å². The van der Waals surface area contributed by atoms with Crippen LogP contribution in [0.25, 0.3) is 0 Å². The molecule has 3 rings (SSSR count). The average molecular weight is 552 g/mol. The highest BCUT2D eigenvalue weighted by Gasteiger charge is 2.34. The van der Waals surface area contributed by atoms with Gasteiger partial charge in [0, 0.05) is 25.4 Å². The third-order valence-electron chi connectivity index (χ3n) is 6.65. The van der Waals surface area contributed by atoms with E-state index in [-0.39, 0.29) is 31.4 Å². The van der Waals surface area contributed by atoms with Gasteiger partial charge < -0.3 is 26.0 Å². The first-order valence-electron chi connectivity index (χ1n) is 13.4. The van der Waals surface area contributed by atoms with Crippen molar-refractivity contribution in [2.75, 3.05) is 6.54 Å². The molecule has 0 aliphatic carbocycles. The molecule has 1 aliphatic rings. The van der Waals surface area contributed by atoms with Crippen LogP contribution in [0.3, 0.4) is 0 Å². The number of fused-ring (bicyclic) bond motifs is 1. The lowest BCUT2D eigenvalue weighted by Gasteiger charge is -2.28. The molecule has 0 radical (unpaired) electrons. The predicted molar refractivity (Wildman–Crippen MR) is 147 cm³/mol. The summed E-state index contributed by atoms with van der Waals surface area (Å²) in [7, 11) is 0. The summed E-state index contributed by atoms with van der Waals surface area (Å²) in [4.78, 5) is 68.5. The van der Waals surface area contributed by atoms with E-state index in [1.54, 1.807) is 40.1 Å². The van der Waals surface area contributed by atoms with E-state index in [0.29, 0.717) is 6.42 Å². The summed E-state index contributed by atoms with van der Waals surface area (Å²) in [5.41, 5.74) is 2.47. The number of alkyl carbamates (subject to hydrolysis) is 1. The minimum Gasteiger partial charge on any atom is -0.445 e. The van der Waals surface area contributed by atoms with Crippen molar-refractivity contribution in [3.8, 4) is 0 Å². The number of ether oxygens (including phenoxy) is 1. The molecular weight excluding hydrogens is 514 g/mol. The number of Topliss-reactive ketones (excluding diaryl/α,β-unsaturated/α-hetero) is 1. The Morgan fingerprint density at radius 1 is 0.950 bits per heavy atom. The lowest BCUT2D eigenvalue weighted by atomic mass is 9.96. The number of aromatic nitrogens is 1. The number of rotatable bonds is 9. The number of ketones is 1. The Morgan fingerprint density at radius 2 is 1.62 bits per heavy atom. The Hall–Kier alpha value is -4.28. The largest absolute Gasteiger partial charge is 0.445 e. The van der Waals surface area contributed by atoms with Crippen molar-refractivity contribution >= 4 is 29.6 Å². The number of pyridine rings is 1. The molecule has 11 heteroatoms. The molecule has 1 aromatic heterocycles. The molecule has 11 nitrogen and oxygen atoms in total. The van der Waals surface area contributed by atoms with Crippen LogP contribution in [0, 0.1) is 11.8 Å². The molecule has 1 aromatic carbocycles. The quantitative estimate of drug-likeness (QED) is 0.344. The number of carbonyl (C=O) groups excluding carboxylic acids is 5. The van der Waals surface area contributed by atoms with Crippen LogP contribution in [0.1, 0.15) is 44.4 Å². The minimum absolute atomic E-state index is 0.0395. The third-order valence-corrected chi connectivity index (χ3v) is 6.65. The first kappa shape index (κ1) is 30.3. The summed E-state index contributed by atoms with van der Waals surface area (Å²) in [5.74, 6) is -3.43. The Balaban J connectivity index is 1.69. The third kappa shape index (κ3) is 8.36. The summed E-state index contributed by atoms with van der Waals surface area (Å²) in [6, 6.07) is 7.79. The van der Waals surface area contributed by atoms with Crippen molar-refractivity contribution in [1.29, 1.82) is 0 Å². The molecule has 0 fully saturated rings. The lowest BCUT2D eigenvalue weighted by Crippen LogP contribution is -2.59. The molecule has 3 unspecified atom stereocenters. The maximum absolute atomic E-state index is 13.4. The first-order valence-corrected chi connectivity index (χ1v) is 13.4. The van der Waals surface area contributed by atoms with Crippen molar-refractivity contribution in [2.45, 2.75) is 65.3 Å². The number of amides is 4. The van der Waals surface area contributed by atoms with E-state index in [9.17, 15) is 24.0 Å². The van der Waals surface area contributed by atoms with Gasteiger partial charge >= 0.3 is 6.09 Å². The molecule has 2 aromatic rings. The van der Waals surface area contributed by atoms with Gasteiger partial charge in [0.25, 0.3) is 5.91 Å². The molecule has 1 aliphatic heterocycles. The number of nitrogens with zero attached hydrogens (tertiary/aromatic N) is 1. The maximum Gasteiger partial charge on any atom is 0.408 e. The van der Waals surface area contributed by atoms with E-state index < -0.39 is 47.7 Å². The highest BCUT2D eigenvalue weighted by Crippen LogP contribution is 2.14. The van der Waals surface area contributed by atoms with Gasteiger partial charge in [-0.15, -0.1) is 0 Å². The molecule has 4 amide bonds. The zero-order valence-electron chi connectivity index (χ0n) is 23.2. The van der Waals surface area contributed by atoms with Gasteiger partial charge in [0.15, 0.2) is 0 Å². The Morgan fingerprint density at radius 3 is 2.30 bits per heavy atom. The lowest BCUT2D eigenvalue weighted by molar-refractivity contribution is -0.140. The second-order valence-electron chi connectivity index (χ2n) is 10.4. The first-order chi connectivity index (χ1) is 19.1. The standard InChI is InChI=1S/C29H37N5O6/c1-17(2)23(33-27(37)24(18(3)4)34-29(39)40-16-19-8-6-5-7-9-19)26(36)32-22-14-21-15-30-12-10-20(21)11-13-31-28(38)25(22)35/h5-10,12,15,17-18,22-24H,11,13-14,16H2,1-4H3,(H,31,38)(H,32,36)(H,33,37)(H,34,39). The minimum atomic E-state index is -1.14. The van der Waals surface area contributed by atoms with E-state index in [0.717, 1.165) is 16.7 Å². The Kier molecular flexibility index (Phi) is 10.7. The fraction of sp³-hybridized carbons (Fsp3) is 0.448. The van der Waals surface area contributed by atoms with Crippen LogP contribution in [0.2, 0.25) is 0 Å². The van der Waals surface area contributed by atoms with Gasteiger partial charge in [-0.1, -0.05) is 58.0 Å². The van der Waals surface area contributed by atoms with E-state index in [2.05, 4.69) is 26.3 Å². The molecule has 2 heterocycles. The predicted octanol–water partition coefficient (Wildman–Crippen LogP) is 1.44. The molecule has 0 bridgehead atoms. The molecular formula is C29H37N5O6. The number of benzene rings is 1. The summed E-state index contributed by atoms with van der Waals surface area (Å²) in [6.45, 7) is 7.32. The van der Waals surface area contributed by atoms with Crippen LogP contribution in [0.4, 0.5) is 4.79 Å². The molecule has 214 valence electrons. The fourth-order valence-corrected chi connectivity index (χ4v) is 4.34. The maximum atomic E-state index is 13.4. The van der Waals surface area contributed by atoms with Gasteiger partial charge in [-0.2, -0.15) is 0 Å². The summed E-state index contributed by atoms with van der Waals surface area (Å²) < 4.78 is 5.25. The van der Waals surface area contributed by atoms with E-state index in [1.807, 2.05) is 36.4 Å². The highest BCUT2D eigenvalue weighted by molar-refractivity contribution is 6.38. The van der Waals surface area contributed by atoms with E-state index in [4.69, 9.17) is 4.74 Å². The van der Waals surface area contributed by atoms with Crippen LogP contribution in [0.5, 0.6) is 0 Å². The van der Waals surface area contributed by atoms with Gasteiger partial charge in [-0.05, 0) is 41.0 Å². The molecule has 3 atom stereocenters. The normalized spacial score (nSPS) is 16.9. The van der Waals surface area contributed by atoms with Gasteiger partial charge in [-0.3, -0.25) is 24.2 Å². The monoisotopic (exact) mass is 551 g/mol. The average Bonchev–Trinajstić information content (AvgIpc) is 2.98. The molecule has 4 N–H and O–H groups in total. The number of hydrogen-bond acceptors (Lipinski definition) is 7. The second-order valence-corrected chi connectivity index (χ2v) is 10.4. The number of hydrogen-bond donors (Lipinski definition) is 4. The summed E-state index contributed by atoms with van der Waals surface area (Å²) in [5, 5.41) is 10.5. The van der Waals surface area contributed by atoms with Gasteiger partial charge in [0.2, 0.25) is 17.6 Å². The van der Waals surface area contributed by atoms with Crippen LogP contribution >= 0.6 is 0 Å². The van der Waals surface area contributed by atoms with Crippen molar-refractivity contribution < 1.29 is 28.7 Å². The number of nitrogens with one attached hydrogen (secondary N) is 4. The van der Waals surface area contributed by atoms with Crippen molar-refractivity contribution in [3.05, 3.63) is 65.5 Å². The van der Waals surface area contributed by atoms with E-state index in [1.165, 1.54) is 0 Å². The SMILES string of the molecule is CC(C)C(NC(=O)OCc1ccccc1)C(=O)NC(C(=O)NC1Cc2cnccc2CCNC(=O)C1=O)C(C)C. The molecule has 40 heavy (non-hydrogen) atoms. The van der Waals surface area contributed by atoms with Crippen LogP contribution in [-0.4, -0.2) is 59.3 Å². The van der Waals surface area contributed by atoms with Crippen LogP contribution < -0.4 is 21.3 Å². The van der Waals surface area contributed by atoms with Crippen LogP contribution in [-0.2, 0) is 43.4 Å². The second kappa shape index (κ2) is 14.2. The van der Waals surface area contributed by atoms with Crippen molar-refractivity contribution in [1.82, 2.24) is 26.3 Å². The molecule has 0 saturated carbocycles. The van der Waals surface area contributed by atoms with Crippen molar-refractivity contribution in [3.63, 3.8) is 0 Å². The van der Waals surface area contributed by atoms with Gasteiger partial charge in [-0.25, -0.2) is 4.79 Å². The Labute approximate surface area is 233 Å². The fourth-order valence-electron chi connectivity index (χ4n) is 4.34. The Bertz CT molecular complexity index is 1220. The van der Waals surface area contributed by atoms with E-state index >= 15 is 0 Å². The van der Waals surface area contributed by atoms with Crippen LogP contribution in [0.15, 0.2) is 48.8 Å². The molecule has 0 saturated heterocycles. The molecule has 0 spiro atoms. The zero-order chi connectivity index (χ0) is 29.2. The smallest absolute Gasteiger partial charge is 0.408 e. The summed E-state index contributed by atoms with van der Waals surface area (Å²) in [6.07, 6.45) is 3.10. The highest BCUT2D eigenvalue weighted by atomic mass is 16.5. The summed E-state index contributed by atoms with van der Waals surface area (Å²) >= 11 is 0.